The number of halogens is 1. The van der Waals surface area contributed by atoms with Crippen LogP contribution in [0.25, 0.3) is 0 Å². The second kappa shape index (κ2) is 5.66. The summed E-state index contributed by atoms with van der Waals surface area (Å²) in [5, 5.41) is 3.56. The van der Waals surface area contributed by atoms with E-state index in [2.05, 4.69) is 58.2 Å². The van der Waals surface area contributed by atoms with E-state index in [-0.39, 0.29) is 5.60 Å². The maximum Gasteiger partial charge on any atom is 0.0801 e. The molecule has 0 bridgehead atoms. The van der Waals surface area contributed by atoms with Crippen molar-refractivity contribution in [3.8, 4) is 0 Å². The fourth-order valence-electron chi connectivity index (χ4n) is 2.65. The zero-order valence-electron chi connectivity index (χ0n) is 12.3. The molecule has 3 rings (SSSR count). The van der Waals surface area contributed by atoms with Crippen LogP contribution in [0.5, 0.6) is 0 Å². The van der Waals surface area contributed by atoms with Crippen LogP contribution in [0.15, 0.2) is 22.7 Å². The van der Waals surface area contributed by atoms with Crippen LogP contribution in [0.4, 0.5) is 5.69 Å². The maximum atomic E-state index is 5.78. The Morgan fingerprint density at radius 2 is 2.20 bits per heavy atom. The van der Waals surface area contributed by atoms with Crippen molar-refractivity contribution in [3.63, 3.8) is 0 Å². The predicted molar refractivity (Wildman–Crippen MR) is 86.2 cm³/mol. The van der Waals surface area contributed by atoms with Gasteiger partial charge in [-0.3, -0.25) is 0 Å². The topological polar surface area (TPSA) is 24.5 Å². The van der Waals surface area contributed by atoms with E-state index in [0.29, 0.717) is 0 Å². The Labute approximate surface area is 129 Å². The first-order valence-electron chi connectivity index (χ1n) is 7.44. The molecule has 0 unspecified atom stereocenters. The maximum absolute atomic E-state index is 5.78. The highest BCUT2D eigenvalue weighted by molar-refractivity contribution is 9.10. The average Bonchev–Trinajstić information content (AvgIpc) is 3.20. The zero-order chi connectivity index (χ0) is 14.2. The second-order valence-electron chi connectivity index (χ2n) is 6.46. The van der Waals surface area contributed by atoms with E-state index >= 15 is 0 Å². The molecule has 0 atom stereocenters. The average molecular weight is 339 g/mol. The van der Waals surface area contributed by atoms with Gasteiger partial charge < -0.3 is 15.0 Å². The summed E-state index contributed by atoms with van der Waals surface area (Å²) in [6.07, 6.45) is 2.66. The standard InChI is InChI=1S/C16H23BrN2O/c1-16(2)11-19(7-8-20-16)14-6-3-12(15(17)9-14)10-18-13-4-5-13/h3,6,9,13,18H,4-5,7-8,10-11H2,1-2H3. The molecule has 1 heterocycles. The Morgan fingerprint density at radius 3 is 2.85 bits per heavy atom. The molecule has 1 saturated carbocycles. The minimum Gasteiger partial charge on any atom is -0.372 e. The molecule has 1 saturated heterocycles. The summed E-state index contributed by atoms with van der Waals surface area (Å²) in [4.78, 5) is 2.41. The molecule has 1 aromatic carbocycles. The lowest BCUT2D eigenvalue weighted by Crippen LogP contribution is -2.48. The van der Waals surface area contributed by atoms with Crippen LogP contribution in [-0.4, -0.2) is 31.3 Å². The zero-order valence-corrected chi connectivity index (χ0v) is 13.9. The van der Waals surface area contributed by atoms with Crippen LogP contribution in [0.2, 0.25) is 0 Å². The Morgan fingerprint density at radius 1 is 1.40 bits per heavy atom. The van der Waals surface area contributed by atoms with E-state index in [0.717, 1.165) is 32.3 Å². The number of benzene rings is 1. The third-order valence-corrected chi connectivity index (χ3v) is 4.72. The number of anilines is 1. The van der Waals surface area contributed by atoms with Crippen LogP contribution in [0.3, 0.4) is 0 Å². The van der Waals surface area contributed by atoms with Gasteiger partial charge in [-0.2, -0.15) is 0 Å². The Hall–Kier alpha value is -0.580. The summed E-state index contributed by atoms with van der Waals surface area (Å²) in [7, 11) is 0. The highest BCUT2D eigenvalue weighted by Crippen LogP contribution is 2.28. The normalized spacial score (nSPS) is 22.1. The first-order chi connectivity index (χ1) is 9.53. The molecule has 3 nitrogen and oxygen atoms in total. The molecule has 1 N–H and O–H groups in total. The SMILES string of the molecule is CC1(C)CN(c2ccc(CNC3CC3)c(Br)c2)CCO1. The molecule has 0 amide bonds. The van der Waals surface area contributed by atoms with Crippen molar-refractivity contribution in [3.05, 3.63) is 28.2 Å². The van der Waals surface area contributed by atoms with Crippen molar-refractivity contribution in [1.29, 1.82) is 0 Å². The number of ether oxygens (including phenoxy) is 1. The van der Waals surface area contributed by atoms with E-state index in [1.165, 1.54) is 28.6 Å². The monoisotopic (exact) mass is 338 g/mol. The van der Waals surface area contributed by atoms with E-state index in [1.807, 2.05) is 0 Å². The summed E-state index contributed by atoms with van der Waals surface area (Å²) in [5.74, 6) is 0. The van der Waals surface area contributed by atoms with Gasteiger partial charge in [-0.05, 0) is 44.4 Å². The number of nitrogens with zero attached hydrogens (tertiary/aromatic N) is 1. The summed E-state index contributed by atoms with van der Waals surface area (Å²) < 4.78 is 6.98. The molecule has 2 fully saturated rings. The number of morpholine rings is 1. The smallest absolute Gasteiger partial charge is 0.0801 e. The van der Waals surface area contributed by atoms with Crippen LogP contribution in [0.1, 0.15) is 32.3 Å². The van der Waals surface area contributed by atoms with E-state index in [9.17, 15) is 0 Å². The lowest BCUT2D eigenvalue weighted by atomic mass is 10.1. The largest absolute Gasteiger partial charge is 0.372 e. The minimum atomic E-state index is -0.0586. The van der Waals surface area contributed by atoms with Crippen molar-refractivity contribution >= 4 is 21.6 Å². The summed E-state index contributed by atoms with van der Waals surface area (Å²) in [6, 6.07) is 7.46. The molecular formula is C16H23BrN2O. The van der Waals surface area contributed by atoms with Gasteiger partial charge in [0, 0.05) is 35.8 Å². The van der Waals surface area contributed by atoms with Crippen molar-refractivity contribution in [2.45, 2.75) is 44.9 Å². The molecule has 1 aliphatic heterocycles. The molecule has 1 aliphatic carbocycles. The van der Waals surface area contributed by atoms with Crippen LogP contribution in [0, 0.1) is 0 Å². The molecule has 0 spiro atoms. The molecular weight excluding hydrogens is 316 g/mol. The molecule has 1 aromatic rings. The number of hydrogen-bond donors (Lipinski definition) is 1. The Bertz CT molecular complexity index is 485. The predicted octanol–water partition coefficient (Wildman–Crippen LogP) is 3.32. The highest BCUT2D eigenvalue weighted by atomic mass is 79.9. The van der Waals surface area contributed by atoms with Crippen LogP contribution >= 0.6 is 15.9 Å². The minimum absolute atomic E-state index is 0.0586. The van der Waals surface area contributed by atoms with Gasteiger partial charge in [-0.15, -0.1) is 0 Å². The van der Waals surface area contributed by atoms with E-state index < -0.39 is 0 Å². The summed E-state index contributed by atoms with van der Waals surface area (Å²) >= 11 is 3.71. The molecule has 110 valence electrons. The second-order valence-corrected chi connectivity index (χ2v) is 7.31. The van der Waals surface area contributed by atoms with Gasteiger partial charge in [0.25, 0.3) is 0 Å². The number of nitrogens with one attached hydrogen (secondary N) is 1. The third-order valence-electron chi connectivity index (χ3n) is 3.99. The van der Waals surface area contributed by atoms with Gasteiger partial charge in [0.2, 0.25) is 0 Å². The van der Waals surface area contributed by atoms with Gasteiger partial charge in [0.05, 0.1) is 12.2 Å². The van der Waals surface area contributed by atoms with Gasteiger partial charge >= 0.3 is 0 Å². The molecule has 2 aliphatic rings. The van der Waals surface area contributed by atoms with Crippen LogP contribution < -0.4 is 10.2 Å². The van der Waals surface area contributed by atoms with Crippen molar-refractivity contribution < 1.29 is 4.74 Å². The highest BCUT2D eigenvalue weighted by Gasteiger charge is 2.27. The molecule has 0 radical (unpaired) electrons. The fourth-order valence-corrected chi connectivity index (χ4v) is 3.16. The summed E-state index contributed by atoms with van der Waals surface area (Å²) in [5.41, 5.74) is 2.56. The van der Waals surface area contributed by atoms with Gasteiger partial charge in [-0.25, -0.2) is 0 Å². The van der Waals surface area contributed by atoms with Crippen molar-refractivity contribution in [2.75, 3.05) is 24.6 Å². The van der Waals surface area contributed by atoms with E-state index in [4.69, 9.17) is 4.74 Å². The van der Waals surface area contributed by atoms with Gasteiger partial charge in [-0.1, -0.05) is 22.0 Å². The third kappa shape index (κ3) is 3.54. The van der Waals surface area contributed by atoms with Gasteiger partial charge in [0.15, 0.2) is 0 Å². The quantitative estimate of drug-likeness (QED) is 0.911. The Balaban J connectivity index is 1.68. The molecule has 20 heavy (non-hydrogen) atoms. The van der Waals surface area contributed by atoms with E-state index in [1.54, 1.807) is 0 Å². The number of hydrogen-bond acceptors (Lipinski definition) is 3. The fraction of sp³-hybridized carbons (Fsp3) is 0.625. The lowest BCUT2D eigenvalue weighted by molar-refractivity contribution is -0.0276. The first-order valence-corrected chi connectivity index (χ1v) is 8.23. The summed E-state index contributed by atoms with van der Waals surface area (Å²) in [6.45, 7) is 7.98. The molecule has 0 aromatic heterocycles. The Kier molecular flexibility index (Phi) is 4.07. The van der Waals surface area contributed by atoms with Crippen molar-refractivity contribution in [1.82, 2.24) is 5.32 Å². The van der Waals surface area contributed by atoms with Crippen LogP contribution in [-0.2, 0) is 11.3 Å². The molecule has 4 heteroatoms. The number of rotatable bonds is 4. The first kappa shape index (κ1) is 14.4. The van der Waals surface area contributed by atoms with Gasteiger partial charge in [0.1, 0.15) is 0 Å². The van der Waals surface area contributed by atoms with Crippen molar-refractivity contribution in [2.24, 2.45) is 0 Å². The lowest BCUT2D eigenvalue weighted by Gasteiger charge is -2.39.